The number of thiophene rings is 1. The summed E-state index contributed by atoms with van der Waals surface area (Å²) in [6.45, 7) is 4.52. The Labute approximate surface area is 119 Å². The normalized spacial score (nSPS) is 14.1. The van der Waals surface area contributed by atoms with Crippen LogP contribution in [0.25, 0.3) is 11.1 Å². The second-order valence-corrected chi connectivity index (χ2v) is 7.03. The van der Waals surface area contributed by atoms with E-state index in [1.807, 2.05) is 0 Å². The molecule has 1 aromatic heterocycles. The first kappa shape index (κ1) is 12.7. The highest BCUT2D eigenvalue weighted by molar-refractivity contribution is 7.16. The molecule has 0 amide bonds. The van der Waals surface area contributed by atoms with Crippen molar-refractivity contribution in [3.8, 4) is 11.1 Å². The molecule has 0 spiro atoms. The summed E-state index contributed by atoms with van der Waals surface area (Å²) in [6, 6.07) is 9.00. The summed E-state index contributed by atoms with van der Waals surface area (Å²) in [4.78, 5) is 1.51. The second kappa shape index (κ2) is 5.01. The third-order valence-corrected chi connectivity index (χ3v) is 4.96. The van der Waals surface area contributed by atoms with Crippen molar-refractivity contribution in [2.45, 2.75) is 39.5 Å². The predicted molar refractivity (Wildman–Crippen MR) is 84.7 cm³/mol. The molecule has 0 bridgehead atoms. The van der Waals surface area contributed by atoms with Crippen molar-refractivity contribution < 1.29 is 0 Å². The average Bonchev–Trinajstić information content (AvgIpc) is 2.89. The number of nitrogen functional groups attached to an aromatic ring is 1. The maximum atomic E-state index is 6.22. The van der Waals surface area contributed by atoms with Crippen molar-refractivity contribution >= 4 is 16.3 Å². The van der Waals surface area contributed by atoms with E-state index in [0.717, 1.165) is 11.4 Å². The van der Waals surface area contributed by atoms with Crippen LogP contribution < -0.4 is 5.73 Å². The maximum Gasteiger partial charge on any atom is 0.0941 e. The Bertz CT molecular complexity index is 578. The lowest BCUT2D eigenvalue weighted by Gasteiger charge is -2.08. The molecule has 0 saturated heterocycles. The monoisotopic (exact) mass is 271 g/mol. The molecule has 0 fully saturated rings. The summed E-state index contributed by atoms with van der Waals surface area (Å²) in [7, 11) is 0. The predicted octanol–water partition coefficient (Wildman–Crippen LogP) is 4.68. The van der Waals surface area contributed by atoms with Crippen LogP contribution in [-0.2, 0) is 19.3 Å². The molecule has 1 nitrogen and oxygen atoms in total. The zero-order valence-corrected chi connectivity index (χ0v) is 12.5. The van der Waals surface area contributed by atoms with Crippen LogP contribution in [0, 0.1) is 5.92 Å². The van der Waals surface area contributed by atoms with Crippen molar-refractivity contribution in [3.05, 3.63) is 40.3 Å². The Kier molecular flexibility index (Phi) is 3.36. The maximum absolute atomic E-state index is 6.22. The van der Waals surface area contributed by atoms with E-state index in [0.29, 0.717) is 5.92 Å². The highest BCUT2D eigenvalue weighted by Crippen LogP contribution is 2.43. The lowest BCUT2D eigenvalue weighted by molar-refractivity contribution is 0.647. The van der Waals surface area contributed by atoms with Gasteiger partial charge in [-0.15, -0.1) is 11.3 Å². The number of fused-ring (bicyclic) bond motifs is 1. The van der Waals surface area contributed by atoms with E-state index in [2.05, 4.69) is 38.1 Å². The number of hydrogen-bond donors (Lipinski definition) is 1. The molecule has 1 heterocycles. The zero-order valence-electron chi connectivity index (χ0n) is 11.7. The van der Waals surface area contributed by atoms with Gasteiger partial charge in [-0.25, -0.2) is 0 Å². The molecule has 1 aliphatic rings. The topological polar surface area (TPSA) is 26.0 Å². The van der Waals surface area contributed by atoms with Crippen molar-refractivity contribution in [1.82, 2.24) is 0 Å². The van der Waals surface area contributed by atoms with Gasteiger partial charge in [0.1, 0.15) is 0 Å². The van der Waals surface area contributed by atoms with Crippen LogP contribution in [0.3, 0.4) is 0 Å². The zero-order chi connectivity index (χ0) is 13.4. The van der Waals surface area contributed by atoms with Gasteiger partial charge in [0.25, 0.3) is 0 Å². The molecule has 19 heavy (non-hydrogen) atoms. The largest absolute Gasteiger partial charge is 0.390 e. The summed E-state index contributed by atoms with van der Waals surface area (Å²) >= 11 is 1.79. The van der Waals surface area contributed by atoms with Gasteiger partial charge in [-0.2, -0.15) is 0 Å². The minimum atomic E-state index is 0.710. The third kappa shape index (κ3) is 2.42. The quantitative estimate of drug-likeness (QED) is 0.861. The molecule has 0 saturated carbocycles. The van der Waals surface area contributed by atoms with Crippen LogP contribution in [-0.4, -0.2) is 0 Å². The number of hydrogen-bond acceptors (Lipinski definition) is 2. The van der Waals surface area contributed by atoms with Gasteiger partial charge in [0, 0.05) is 10.4 Å². The lowest BCUT2D eigenvalue weighted by atomic mass is 9.98. The molecule has 0 atom stereocenters. The number of nitrogens with two attached hydrogens (primary N) is 1. The highest BCUT2D eigenvalue weighted by atomic mass is 32.1. The first-order valence-corrected chi connectivity index (χ1v) is 7.96. The van der Waals surface area contributed by atoms with Crippen molar-refractivity contribution in [1.29, 1.82) is 0 Å². The molecule has 0 unspecified atom stereocenters. The minimum absolute atomic E-state index is 0.710. The summed E-state index contributed by atoms with van der Waals surface area (Å²) in [5.41, 5.74) is 11.8. The molecule has 2 N–H and O–H groups in total. The molecule has 1 aromatic carbocycles. The molecular formula is C17H21NS. The van der Waals surface area contributed by atoms with Crippen molar-refractivity contribution in [2.24, 2.45) is 5.92 Å². The average molecular weight is 271 g/mol. The van der Waals surface area contributed by atoms with Crippen LogP contribution in [0.4, 0.5) is 5.00 Å². The number of aryl methyl sites for hydroxylation is 1. The van der Waals surface area contributed by atoms with Crippen molar-refractivity contribution in [2.75, 3.05) is 5.73 Å². The summed E-state index contributed by atoms with van der Waals surface area (Å²) in [6.07, 6.45) is 4.86. The van der Waals surface area contributed by atoms with Gasteiger partial charge >= 0.3 is 0 Å². The molecule has 2 heteroatoms. The van der Waals surface area contributed by atoms with Gasteiger partial charge < -0.3 is 5.73 Å². The van der Waals surface area contributed by atoms with Gasteiger partial charge in [0.05, 0.1) is 5.00 Å². The van der Waals surface area contributed by atoms with Crippen LogP contribution in [0.2, 0.25) is 0 Å². The van der Waals surface area contributed by atoms with E-state index in [-0.39, 0.29) is 0 Å². The smallest absolute Gasteiger partial charge is 0.0941 e. The highest BCUT2D eigenvalue weighted by Gasteiger charge is 2.21. The fraction of sp³-hybridized carbons (Fsp3) is 0.412. The van der Waals surface area contributed by atoms with Gasteiger partial charge in [-0.3, -0.25) is 0 Å². The Morgan fingerprint density at radius 3 is 2.58 bits per heavy atom. The SMILES string of the molecule is CC(C)Cc1ccc(-c2c(N)sc3c2CCC3)cc1. The van der Waals surface area contributed by atoms with Gasteiger partial charge in [0.15, 0.2) is 0 Å². The van der Waals surface area contributed by atoms with E-state index in [9.17, 15) is 0 Å². The molecule has 0 radical (unpaired) electrons. The molecule has 100 valence electrons. The molecule has 0 aliphatic heterocycles. The fourth-order valence-electron chi connectivity index (χ4n) is 3.02. The molecule has 2 aromatic rings. The molecule has 1 aliphatic carbocycles. The Hall–Kier alpha value is -1.28. The van der Waals surface area contributed by atoms with Gasteiger partial charge in [-0.05, 0) is 48.3 Å². The van der Waals surface area contributed by atoms with Crippen molar-refractivity contribution in [3.63, 3.8) is 0 Å². The Balaban J connectivity index is 1.94. The summed E-state index contributed by atoms with van der Waals surface area (Å²) < 4.78 is 0. The number of anilines is 1. The second-order valence-electron chi connectivity index (χ2n) is 5.89. The van der Waals surface area contributed by atoms with Gasteiger partial charge in [0.2, 0.25) is 0 Å². The molecular weight excluding hydrogens is 250 g/mol. The third-order valence-electron chi connectivity index (χ3n) is 3.84. The van der Waals surface area contributed by atoms with Crippen LogP contribution in [0.5, 0.6) is 0 Å². The van der Waals surface area contributed by atoms with E-state index < -0.39 is 0 Å². The summed E-state index contributed by atoms with van der Waals surface area (Å²) in [5, 5.41) is 1.00. The van der Waals surface area contributed by atoms with E-state index in [1.54, 1.807) is 11.3 Å². The van der Waals surface area contributed by atoms with Gasteiger partial charge in [-0.1, -0.05) is 38.1 Å². The lowest BCUT2D eigenvalue weighted by Crippen LogP contribution is -1.94. The standard InChI is InChI=1S/C17H21NS/c1-11(2)10-12-6-8-13(9-7-12)16-14-4-3-5-15(14)19-17(16)18/h6-9,11H,3-5,10,18H2,1-2H3. The van der Waals surface area contributed by atoms with Crippen LogP contribution >= 0.6 is 11.3 Å². The van der Waals surface area contributed by atoms with Crippen LogP contribution in [0.15, 0.2) is 24.3 Å². The van der Waals surface area contributed by atoms with E-state index >= 15 is 0 Å². The summed E-state index contributed by atoms with van der Waals surface area (Å²) in [5.74, 6) is 0.710. The number of rotatable bonds is 3. The Morgan fingerprint density at radius 2 is 1.89 bits per heavy atom. The molecule has 3 rings (SSSR count). The fourth-order valence-corrected chi connectivity index (χ4v) is 4.20. The number of benzene rings is 1. The first-order valence-electron chi connectivity index (χ1n) is 7.14. The minimum Gasteiger partial charge on any atom is -0.390 e. The first-order chi connectivity index (χ1) is 9.15. The van der Waals surface area contributed by atoms with Crippen LogP contribution in [0.1, 0.15) is 36.3 Å². The Morgan fingerprint density at radius 1 is 1.16 bits per heavy atom. The van der Waals surface area contributed by atoms with E-state index in [1.165, 1.54) is 46.4 Å². The van der Waals surface area contributed by atoms with E-state index in [4.69, 9.17) is 5.73 Å².